The molecule has 96 valence electrons. The average Bonchev–Trinajstić information content (AvgIpc) is 2.85. The quantitative estimate of drug-likeness (QED) is 0.690. The van der Waals surface area contributed by atoms with Crippen LogP contribution >= 0.6 is 22.9 Å². The Morgan fingerprint density at radius 3 is 2.84 bits per heavy atom. The summed E-state index contributed by atoms with van der Waals surface area (Å²) < 4.78 is 14.2. The van der Waals surface area contributed by atoms with Crippen LogP contribution in [0.2, 0.25) is 5.02 Å². The number of halogens is 2. The SMILES string of the molecule is Fc1ccc(CNc2ccc3sccc3c2)c(Cl)c1. The summed E-state index contributed by atoms with van der Waals surface area (Å²) in [5, 5.41) is 7.05. The van der Waals surface area contributed by atoms with Crippen molar-refractivity contribution >= 4 is 38.7 Å². The standard InChI is InChI=1S/C15H11ClFNS/c16-14-8-12(17)2-1-11(14)9-18-13-3-4-15-10(7-13)5-6-19-15/h1-8,18H,9H2. The molecule has 3 rings (SSSR count). The Bertz CT molecular complexity index is 723. The average molecular weight is 292 g/mol. The topological polar surface area (TPSA) is 12.0 Å². The molecule has 0 amide bonds. The van der Waals surface area contributed by atoms with Gasteiger partial charge in [0.2, 0.25) is 0 Å². The lowest BCUT2D eigenvalue weighted by Crippen LogP contribution is -2.00. The molecule has 1 heterocycles. The van der Waals surface area contributed by atoms with Crippen molar-refractivity contribution in [3.63, 3.8) is 0 Å². The number of hydrogen-bond acceptors (Lipinski definition) is 2. The molecular formula is C15H11ClFNS. The van der Waals surface area contributed by atoms with E-state index >= 15 is 0 Å². The van der Waals surface area contributed by atoms with Crippen molar-refractivity contribution in [3.05, 3.63) is 64.2 Å². The molecule has 0 aliphatic heterocycles. The van der Waals surface area contributed by atoms with Gasteiger partial charge in [-0.15, -0.1) is 11.3 Å². The number of thiophene rings is 1. The van der Waals surface area contributed by atoms with Crippen LogP contribution in [0.4, 0.5) is 10.1 Å². The highest BCUT2D eigenvalue weighted by atomic mass is 35.5. The molecule has 0 saturated carbocycles. The van der Waals surface area contributed by atoms with Crippen LogP contribution in [-0.4, -0.2) is 0 Å². The molecule has 0 unspecified atom stereocenters. The van der Waals surface area contributed by atoms with E-state index in [1.807, 2.05) is 6.07 Å². The van der Waals surface area contributed by atoms with Gasteiger partial charge in [0.15, 0.2) is 0 Å². The highest BCUT2D eigenvalue weighted by Gasteiger charge is 2.02. The van der Waals surface area contributed by atoms with E-state index < -0.39 is 0 Å². The highest BCUT2D eigenvalue weighted by Crippen LogP contribution is 2.25. The van der Waals surface area contributed by atoms with Crippen molar-refractivity contribution in [1.82, 2.24) is 0 Å². The molecule has 0 spiro atoms. The minimum atomic E-state index is -0.312. The Labute approximate surface area is 119 Å². The van der Waals surface area contributed by atoms with Gasteiger partial charge >= 0.3 is 0 Å². The summed E-state index contributed by atoms with van der Waals surface area (Å²) in [5.41, 5.74) is 1.92. The van der Waals surface area contributed by atoms with Gasteiger partial charge in [-0.05, 0) is 52.7 Å². The van der Waals surface area contributed by atoms with E-state index in [1.54, 1.807) is 17.4 Å². The molecule has 3 aromatic rings. The third kappa shape index (κ3) is 2.72. The van der Waals surface area contributed by atoms with Crippen LogP contribution in [0.5, 0.6) is 0 Å². The van der Waals surface area contributed by atoms with Crippen molar-refractivity contribution in [2.45, 2.75) is 6.54 Å². The molecule has 0 saturated heterocycles. The molecule has 0 fully saturated rings. The first-order valence-corrected chi connectivity index (χ1v) is 7.13. The van der Waals surface area contributed by atoms with E-state index in [0.717, 1.165) is 11.3 Å². The molecule has 0 atom stereocenters. The number of rotatable bonds is 3. The number of fused-ring (bicyclic) bond motifs is 1. The van der Waals surface area contributed by atoms with Crippen LogP contribution in [0.25, 0.3) is 10.1 Å². The zero-order chi connectivity index (χ0) is 13.2. The maximum absolute atomic E-state index is 12.9. The molecule has 2 aromatic carbocycles. The van der Waals surface area contributed by atoms with Gasteiger partial charge in [-0.1, -0.05) is 17.7 Å². The van der Waals surface area contributed by atoms with Crippen LogP contribution in [0.3, 0.4) is 0 Å². The second kappa shape index (κ2) is 5.19. The van der Waals surface area contributed by atoms with Crippen molar-refractivity contribution in [1.29, 1.82) is 0 Å². The molecule has 0 bridgehead atoms. The predicted octanol–water partition coefficient (Wildman–Crippen LogP) is 5.31. The molecule has 1 N–H and O–H groups in total. The minimum absolute atomic E-state index is 0.312. The molecule has 4 heteroatoms. The van der Waals surface area contributed by atoms with Gasteiger partial charge in [0.1, 0.15) is 5.82 Å². The molecule has 0 radical (unpaired) electrons. The van der Waals surface area contributed by atoms with Crippen LogP contribution in [0.1, 0.15) is 5.56 Å². The van der Waals surface area contributed by atoms with Crippen LogP contribution < -0.4 is 5.32 Å². The molecular weight excluding hydrogens is 281 g/mol. The van der Waals surface area contributed by atoms with Crippen LogP contribution in [0.15, 0.2) is 47.8 Å². The molecule has 1 nitrogen and oxygen atoms in total. The third-order valence-corrected chi connectivity index (χ3v) is 4.20. The van der Waals surface area contributed by atoms with E-state index in [2.05, 4.69) is 28.9 Å². The van der Waals surface area contributed by atoms with Crippen molar-refractivity contribution in [3.8, 4) is 0 Å². The lowest BCUT2D eigenvalue weighted by atomic mass is 10.2. The van der Waals surface area contributed by atoms with Gasteiger partial charge in [0.25, 0.3) is 0 Å². The van der Waals surface area contributed by atoms with Gasteiger partial charge in [-0.2, -0.15) is 0 Å². The summed E-state index contributed by atoms with van der Waals surface area (Å²) in [6, 6.07) is 12.8. The number of benzene rings is 2. The minimum Gasteiger partial charge on any atom is -0.381 e. The van der Waals surface area contributed by atoms with Crippen LogP contribution in [-0.2, 0) is 6.54 Å². The second-order valence-electron chi connectivity index (χ2n) is 4.26. The zero-order valence-electron chi connectivity index (χ0n) is 9.99. The lowest BCUT2D eigenvalue weighted by Gasteiger charge is -2.08. The van der Waals surface area contributed by atoms with E-state index in [4.69, 9.17) is 11.6 Å². The lowest BCUT2D eigenvalue weighted by molar-refractivity contribution is 0.627. The molecule has 1 aromatic heterocycles. The summed E-state index contributed by atoms with van der Waals surface area (Å²) in [5.74, 6) is -0.312. The first-order valence-electron chi connectivity index (χ1n) is 5.87. The first kappa shape index (κ1) is 12.5. The van der Waals surface area contributed by atoms with Gasteiger partial charge in [-0.3, -0.25) is 0 Å². The smallest absolute Gasteiger partial charge is 0.124 e. The summed E-state index contributed by atoms with van der Waals surface area (Å²) in [6.45, 7) is 0.578. The first-order chi connectivity index (χ1) is 9.22. The predicted molar refractivity (Wildman–Crippen MR) is 80.6 cm³/mol. The van der Waals surface area contributed by atoms with E-state index in [9.17, 15) is 4.39 Å². The highest BCUT2D eigenvalue weighted by molar-refractivity contribution is 7.17. The Morgan fingerprint density at radius 1 is 1.11 bits per heavy atom. The van der Waals surface area contributed by atoms with Gasteiger partial charge in [0.05, 0.1) is 0 Å². The van der Waals surface area contributed by atoms with Gasteiger partial charge in [-0.25, -0.2) is 4.39 Å². The van der Waals surface area contributed by atoms with E-state index in [-0.39, 0.29) is 5.82 Å². The zero-order valence-corrected chi connectivity index (χ0v) is 11.6. The summed E-state index contributed by atoms with van der Waals surface area (Å²) in [7, 11) is 0. The Morgan fingerprint density at radius 2 is 2.00 bits per heavy atom. The Hall–Kier alpha value is -1.58. The fraction of sp³-hybridized carbons (Fsp3) is 0.0667. The van der Waals surface area contributed by atoms with Crippen LogP contribution in [0, 0.1) is 5.82 Å². The molecule has 0 aliphatic rings. The summed E-state index contributed by atoms with van der Waals surface area (Å²) >= 11 is 7.72. The summed E-state index contributed by atoms with van der Waals surface area (Å²) in [6.07, 6.45) is 0. The maximum atomic E-state index is 12.9. The van der Waals surface area contributed by atoms with Crippen molar-refractivity contribution < 1.29 is 4.39 Å². The number of anilines is 1. The van der Waals surface area contributed by atoms with E-state index in [0.29, 0.717) is 11.6 Å². The van der Waals surface area contributed by atoms with Gasteiger partial charge in [0, 0.05) is 22.0 Å². The van der Waals surface area contributed by atoms with Crippen molar-refractivity contribution in [2.75, 3.05) is 5.32 Å². The Balaban J connectivity index is 1.77. The summed E-state index contributed by atoms with van der Waals surface area (Å²) in [4.78, 5) is 0. The second-order valence-corrected chi connectivity index (χ2v) is 5.62. The maximum Gasteiger partial charge on any atom is 0.124 e. The monoisotopic (exact) mass is 291 g/mol. The van der Waals surface area contributed by atoms with Crippen molar-refractivity contribution in [2.24, 2.45) is 0 Å². The normalized spacial score (nSPS) is 10.8. The van der Waals surface area contributed by atoms with Gasteiger partial charge < -0.3 is 5.32 Å². The Kier molecular flexibility index (Phi) is 3.40. The fourth-order valence-electron chi connectivity index (χ4n) is 1.94. The molecule has 19 heavy (non-hydrogen) atoms. The fourth-order valence-corrected chi connectivity index (χ4v) is 2.94. The third-order valence-electron chi connectivity index (χ3n) is 2.95. The largest absolute Gasteiger partial charge is 0.381 e. The molecule has 0 aliphatic carbocycles. The van der Waals surface area contributed by atoms with E-state index in [1.165, 1.54) is 22.2 Å². The number of hydrogen-bond donors (Lipinski definition) is 1. The number of nitrogens with one attached hydrogen (secondary N) is 1.